The van der Waals surface area contributed by atoms with Crippen LogP contribution in [0.1, 0.15) is 19.3 Å². The van der Waals surface area contributed by atoms with E-state index >= 15 is 0 Å². The summed E-state index contributed by atoms with van der Waals surface area (Å²) in [7, 11) is 3.00. The number of methoxy groups -OCH3 is 2. The van der Waals surface area contributed by atoms with Gasteiger partial charge in [-0.05, 0) is 31.4 Å². The summed E-state index contributed by atoms with van der Waals surface area (Å²) < 4.78 is 10.2. The molecule has 21 heavy (non-hydrogen) atoms. The number of nitrogens with one attached hydrogen (secondary N) is 2. The van der Waals surface area contributed by atoms with Crippen LogP contribution in [0.2, 0.25) is 0 Å². The van der Waals surface area contributed by atoms with Gasteiger partial charge >= 0.3 is 12.0 Å². The monoisotopic (exact) mass is 294 g/mol. The molecule has 7 nitrogen and oxygen atoms in total. The predicted octanol–water partition coefficient (Wildman–Crippen LogP) is 1.83. The summed E-state index contributed by atoms with van der Waals surface area (Å²) in [5.74, 6) is 0.00753. The Morgan fingerprint density at radius 2 is 1.95 bits per heavy atom. The molecule has 7 heteroatoms. The van der Waals surface area contributed by atoms with Crippen LogP contribution >= 0.6 is 0 Å². The quantitative estimate of drug-likeness (QED) is 0.770. The van der Waals surface area contributed by atoms with Gasteiger partial charge in [-0.15, -0.1) is 0 Å². The molecule has 1 aliphatic rings. The van der Waals surface area contributed by atoms with E-state index in [0.717, 1.165) is 6.42 Å². The van der Waals surface area contributed by atoms with Crippen LogP contribution in [0.25, 0.3) is 0 Å². The van der Waals surface area contributed by atoms with E-state index in [4.69, 9.17) is 9.47 Å². The number of hydrogen-bond donors (Lipinski definition) is 3. The highest BCUT2D eigenvalue weighted by molar-refractivity contribution is 5.95. The van der Waals surface area contributed by atoms with Gasteiger partial charge in [0.15, 0.2) is 0 Å². The Morgan fingerprint density at radius 3 is 2.43 bits per heavy atom. The fourth-order valence-corrected chi connectivity index (χ4v) is 2.21. The molecule has 3 N–H and O–H groups in total. The van der Waals surface area contributed by atoms with E-state index in [1.54, 1.807) is 18.2 Å². The van der Waals surface area contributed by atoms with Crippen molar-refractivity contribution in [1.82, 2.24) is 5.32 Å². The molecule has 1 saturated carbocycles. The molecule has 0 atom stereocenters. The minimum Gasteiger partial charge on any atom is -0.497 e. The van der Waals surface area contributed by atoms with Crippen molar-refractivity contribution in [3.05, 3.63) is 18.2 Å². The van der Waals surface area contributed by atoms with Crippen molar-refractivity contribution in [1.29, 1.82) is 0 Å². The van der Waals surface area contributed by atoms with Crippen LogP contribution in [-0.4, -0.2) is 36.9 Å². The Morgan fingerprint density at radius 1 is 1.24 bits per heavy atom. The first-order chi connectivity index (χ1) is 10.0. The molecule has 1 aliphatic carbocycles. The number of anilines is 1. The number of hydrogen-bond acceptors (Lipinski definition) is 4. The van der Waals surface area contributed by atoms with Crippen LogP contribution in [0, 0.1) is 0 Å². The lowest BCUT2D eigenvalue weighted by Gasteiger charge is -2.38. The largest absolute Gasteiger partial charge is 0.497 e. The highest BCUT2D eigenvalue weighted by Crippen LogP contribution is 2.33. The van der Waals surface area contributed by atoms with Gasteiger partial charge in [-0.1, -0.05) is 0 Å². The second kappa shape index (κ2) is 5.90. The average molecular weight is 294 g/mol. The summed E-state index contributed by atoms with van der Waals surface area (Å²) in [6, 6.07) is 4.38. The first kappa shape index (κ1) is 15.0. The fraction of sp³-hybridized carbons (Fsp3) is 0.429. The molecule has 1 aromatic rings. The predicted molar refractivity (Wildman–Crippen MR) is 75.9 cm³/mol. The van der Waals surface area contributed by atoms with Crippen LogP contribution in [0.4, 0.5) is 10.5 Å². The minimum absolute atomic E-state index is 0.411. The maximum absolute atomic E-state index is 12.0. The van der Waals surface area contributed by atoms with E-state index in [2.05, 4.69) is 10.6 Å². The molecule has 0 unspecified atom stereocenters. The van der Waals surface area contributed by atoms with Gasteiger partial charge in [-0.25, -0.2) is 9.59 Å². The summed E-state index contributed by atoms with van der Waals surface area (Å²) in [6.45, 7) is 0. The number of amides is 2. The third-order valence-electron chi connectivity index (χ3n) is 3.62. The lowest BCUT2D eigenvalue weighted by Crippen LogP contribution is -2.60. The standard InChI is InChI=1S/C14H18N2O5/c1-20-9-4-5-11(21-2)10(8-9)15-13(19)16-14(12(17)18)6-3-7-14/h4-5,8H,3,6-7H2,1-2H3,(H,17,18)(H2,15,16,19). The van der Waals surface area contributed by atoms with Crippen LogP contribution in [-0.2, 0) is 4.79 Å². The Bertz CT molecular complexity index is 554. The second-order valence-electron chi connectivity index (χ2n) is 4.89. The Kier molecular flexibility index (Phi) is 4.21. The molecule has 0 bridgehead atoms. The number of urea groups is 1. The highest BCUT2D eigenvalue weighted by Gasteiger charge is 2.45. The molecule has 2 rings (SSSR count). The van der Waals surface area contributed by atoms with Gasteiger partial charge in [-0.2, -0.15) is 0 Å². The van der Waals surface area contributed by atoms with Crippen molar-refractivity contribution < 1.29 is 24.2 Å². The molecule has 0 aromatic heterocycles. The number of rotatable bonds is 5. The zero-order chi connectivity index (χ0) is 15.5. The highest BCUT2D eigenvalue weighted by atomic mass is 16.5. The van der Waals surface area contributed by atoms with Crippen molar-refractivity contribution >= 4 is 17.7 Å². The summed E-state index contributed by atoms with van der Waals surface area (Å²) >= 11 is 0. The van der Waals surface area contributed by atoms with Crippen molar-refractivity contribution in [2.75, 3.05) is 19.5 Å². The summed E-state index contributed by atoms with van der Waals surface area (Å²) in [5, 5.41) is 14.3. The van der Waals surface area contributed by atoms with Gasteiger partial charge in [-0.3, -0.25) is 0 Å². The number of aliphatic carboxylic acids is 1. The maximum atomic E-state index is 12.0. The molecule has 0 radical (unpaired) electrons. The smallest absolute Gasteiger partial charge is 0.329 e. The third-order valence-corrected chi connectivity index (χ3v) is 3.62. The first-order valence-electron chi connectivity index (χ1n) is 6.55. The lowest BCUT2D eigenvalue weighted by atomic mass is 9.77. The van der Waals surface area contributed by atoms with Crippen molar-refractivity contribution in [3.63, 3.8) is 0 Å². The number of carboxylic acid groups (broad SMARTS) is 1. The molecule has 114 valence electrons. The molecular formula is C14H18N2O5. The van der Waals surface area contributed by atoms with Crippen LogP contribution in [0.15, 0.2) is 18.2 Å². The van der Waals surface area contributed by atoms with E-state index in [-0.39, 0.29) is 0 Å². The zero-order valence-corrected chi connectivity index (χ0v) is 11.9. The van der Waals surface area contributed by atoms with E-state index in [9.17, 15) is 14.7 Å². The van der Waals surface area contributed by atoms with Gasteiger partial charge in [0.2, 0.25) is 0 Å². The average Bonchev–Trinajstić information content (AvgIpc) is 2.42. The SMILES string of the molecule is COc1ccc(OC)c(NC(=O)NC2(C(=O)O)CCC2)c1. The summed E-state index contributed by atoms with van der Waals surface area (Å²) in [5.41, 5.74) is -0.745. The number of carbonyl (C=O) groups excluding carboxylic acids is 1. The molecular weight excluding hydrogens is 276 g/mol. The summed E-state index contributed by atoms with van der Waals surface area (Å²) in [4.78, 5) is 23.2. The third kappa shape index (κ3) is 3.01. The van der Waals surface area contributed by atoms with E-state index in [1.807, 2.05) is 0 Å². The number of carboxylic acids is 1. The van der Waals surface area contributed by atoms with Crippen molar-refractivity contribution in [3.8, 4) is 11.5 Å². The van der Waals surface area contributed by atoms with Crippen LogP contribution in [0.3, 0.4) is 0 Å². The molecule has 1 aromatic carbocycles. The van der Waals surface area contributed by atoms with Gasteiger partial charge in [0, 0.05) is 6.07 Å². The van der Waals surface area contributed by atoms with E-state index in [1.165, 1.54) is 14.2 Å². The Hall–Kier alpha value is -2.44. The Balaban J connectivity index is 2.10. The zero-order valence-electron chi connectivity index (χ0n) is 11.9. The topological polar surface area (TPSA) is 96.9 Å². The number of ether oxygens (including phenoxy) is 2. The molecule has 0 aliphatic heterocycles. The lowest BCUT2D eigenvalue weighted by molar-refractivity contribution is -0.148. The molecule has 2 amide bonds. The van der Waals surface area contributed by atoms with Gasteiger partial charge in [0.05, 0.1) is 19.9 Å². The Labute approximate surface area is 122 Å². The number of benzene rings is 1. The van der Waals surface area contributed by atoms with Gasteiger partial charge in [0.25, 0.3) is 0 Å². The minimum atomic E-state index is -1.16. The number of carbonyl (C=O) groups is 2. The van der Waals surface area contributed by atoms with Crippen LogP contribution < -0.4 is 20.1 Å². The van der Waals surface area contributed by atoms with Crippen LogP contribution in [0.5, 0.6) is 11.5 Å². The van der Waals surface area contributed by atoms with Gasteiger partial charge in [0.1, 0.15) is 17.0 Å². The van der Waals surface area contributed by atoms with Crippen molar-refractivity contribution in [2.45, 2.75) is 24.8 Å². The van der Waals surface area contributed by atoms with E-state index in [0.29, 0.717) is 30.0 Å². The molecule has 0 saturated heterocycles. The van der Waals surface area contributed by atoms with Gasteiger partial charge < -0.3 is 25.2 Å². The molecule has 0 spiro atoms. The fourth-order valence-electron chi connectivity index (χ4n) is 2.21. The van der Waals surface area contributed by atoms with E-state index < -0.39 is 17.5 Å². The second-order valence-corrected chi connectivity index (χ2v) is 4.89. The van der Waals surface area contributed by atoms with Crippen molar-refractivity contribution in [2.24, 2.45) is 0 Å². The summed E-state index contributed by atoms with van der Waals surface area (Å²) in [6.07, 6.45) is 1.66. The molecule has 0 heterocycles. The molecule has 1 fully saturated rings. The maximum Gasteiger partial charge on any atom is 0.329 e. The normalized spacial score (nSPS) is 15.5. The first-order valence-corrected chi connectivity index (χ1v) is 6.55.